The fourth-order valence-electron chi connectivity index (χ4n) is 0.828. The number of carboxylic acids is 2. The summed E-state index contributed by atoms with van der Waals surface area (Å²) in [5, 5.41) is 19.2. The van der Waals surface area contributed by atoms with Crippen LogP contribution in [0.5, 0.6) is 0 Å². The van der Waals surface area contributed by atoms with Crippen molar-refractivity contribution < 1.29 is 24.6 Å². The molecule has 0 saturated heterocycles. The molecular formula is C8H14N2O5. The lowest BCUT2D eigenvalue weighted by molar-refractivity contribution is -0.143. The van der Waals surface area contributed by atoms with Crippen LogP contribution in [0, 0.1) is 0 Å². The molecule has 0 radical (unpaired) electrons. The summed E-state index contributed by atoms with van der Waals surface area (Å²) in [5.41, 5.74) is 5.22. The molecule has 0 aromatic heterocycles. The van der Waals surface area contributed by atoms with Gasteiger partial charge in [-0.05, 0) is 13.3 Å². The molecule has 1 unspecified atom stereocenters. The van der Waals surface area contributed by atoms with Crippen molar-refractivity contribution in [2.24, 2.45) is 5.73 Å². The third kappa shape index (κ3) is 5.63. The molecule has 0 saturated carbocycles. The van der Waals surface area contributed by atoms with Gasteiger partial charge in [0.2, 0.25) is 5.91 Å². The summed E-state index contributed by atoms with van der Waals surface area (Å²) in [6, 6.07) is -2.03. The van der Waals surface area contributed by atoms with Crippen molar-refractivity contribution in [2.45, 2.75) is 31.8 Å². The van der Waals surface area contributed by atoms with Gasteiger partial charge in [0.1, 0.15) is 6.04 Å². The standard InChI is InChI=1S/C8H14N2O5/c1-4(9)7(13)10-5(8(14)15)2-3-6(11)12/h4-5H,2-3,9H2,1H3,(H,10,13)(H,11,12)(H,14,15)/t4?,5-/m1/s1. The van der Waals surface area contributed by atoms with Crippen LogP contribution in [0.1, 0.15) is 19.8 Å². The minimum Gasteiger partial charge on any atom is -0.481 e. The molecule has 0 aliphatic heterocycles. The molecule has 1 amide bonds. The van der Waals surface area contributed by atoms with Crippen molar-refractivity contribution in [1.82, 2.24) is 5.32 Å². The highest BCUT2D eigenvalue weighted by Crippen LogP contribution is 1.98. The Bertz CT molecular complexity index is 264. The average molecular weight is 218 g/mol. The first-order chi connectivity index (χ1) is 6.84. The van der Waals surface area contributed by atoms with Crippen molar-refractivity contribution in [1.29, 1.82) is 0 Å². The highest BCUT2D eigenvalue weighted by atomic mass is 16.4. The van der Waals surface area contributed by atoms with Crippen molar-refractivity contribution in [2.75, 3.05) is 0 Å². The predicted molar refractivity (Wildman–Crippen MR) is 50.1 cm³/mol. The van der Waals surface area contributed by atoms with Gasteiger partial charge in [-0.3, -0.25) is 9.59 Å². The Balaban J connectivity index is 4.22. The fraction of sp³-hybridized carbons (Fsp3) is 0.625. The van der Waals surface area contributed by atoms with Gasteiger partial charge >= 0.3 is 11.9 Å². The predicted octanol–water partition coefficient (Wildman–Crippen LogP) is -1.23. The summed E-state index contributed by atoms with van der Waals surface area (Å²) in [7, 11) is 0. The molecule has 7 nitrogen and oxygen atoms in total. The quantitative estimate of drug-likeness (QED) is 0.441. The highest BCUT2D eigenvalue weighted by Gasteiger charge is 2.21. The molecule has 0 aliphatic rings. The Hall–Kier alpha value is -1.63. The van der Waals surface area contributed by atoms with Gasteiger partial charge in [0, 0.05) is 6.42 Å². The SMILES string of the molecule is CC(N)C(=O)N[C@H](CCC(=O)O)C(=O)O. The Kier molecular flexibility index (Phi) is 5.32. The van der Waals surface area contributed by atoms with Gasteiger partial charge < -0.3 is 21.3 Å². The second kappa shape index (κ2) is 5.97. The van der Waals surface area contributed by atoms with Gasteiger partial charge in [-0.25, -0.2) is 4.79 Å². The first-order valence-electron chi connectivity index (χ1n) is 4.35. The van der Waals surface area contributed by atoms with Gasteiger partial charge in [0.05, 0.1) is 6.04 Å². The molecule has 15 heavy (non-hydrogen) atoms. The number of hydrogen-bond acceptors (Lipinski definition) is 4. The van der Waals surface area contributed by atoms with Gasteiger partial charge in [-0.2, -0.15) is 0 Å². The zero-order valence-electron chi connectivity index (χ0n) is 8.27. The molecule has 0 bridgehead atoms. The number of carboxylic acid groups (broad SMARTS) is 2. The minimum atomic E-state index is -1.27. The Morgan fingerprint density at radius 2 is 1.87 bits per heavy atom. The van der Waals surface area contributed by atoms with Crippen LogP contribution in [0.2, 0.25) is 0 Å². The largest absolute Gasteiger partial charge is 0.481 e. The topological polar surface area (TPSA) is 130 Å². The first kappa shape index (κ1) is 13.4. The lowest BCUT2D eigenvalue weighted by atomic mass is 10.1. The smallest absolute Gasteiger partial charge is 0.326 e. The monoisotopic (exact) mass is 218 g/mol. The first-order valence-corrected chi connectivity index (χ1v) is 4.35. The number of aliphatic carboxylic acids is 2. The van der Waals surface area contributed by atoms with Crippen LogP contribution in [0.4, 0.5) is 0 Å². The van der Waals surface area contributed by atoms with E-state index in [1.54, 1.807) is 0 Å². The van der Waals surface area contributed by atoms with Crippen LogP contribution in [0.3, 0.4) is 0 Å². The number of rotatable bonds is 6. The van der Waals surface area contributed by atoms with E-state index >= 15 is 0 Å². The summed E-state index contributed by atoms with van der Waals surface area (Å²) >= 11 is 0. The third-order valence-corrected chi connectivity index (χ3v) is 1.68. The summed E-state index contributed by atoms with van der Waals surface area (Å²) in [6.45, 7) is 1.41. The zero-order chi connectivity index (χ0) is 12.0. The van der Waals surface area contributed by atoms with Gasteiger partial charge in [0.15, 0.2) is 0 Å². The molecule has 0 rings (SSSR count). The van der Waals surface area contributed by atoms with Gasteiger partial charge in [-0.15, -0.1) is 0 Å². The van der Waals surface area contributed by atoms with Crippen molar-refractivity contribution in [3.63, 3.8) is 0 Å². The Morgan fingerprint density at radius 1 is 1.33 bits per heavy atom. The molecule has 0 aliphatic carbocycles. The second-order valence-corrected chi connectivity index (χ2v) is 3.12. The van der Waals surface area contributed by atoms with E-state index < -0.39 is 29.9 Å². The number of carbonyl (C=O) groups excluding carboxylic acids is 1. The summed E-state index contributed by atoms with van der Waals surface area (Å²) < 4.78 is 0. The summed E-state index contributed by atoms with van der Waals surface area (Å²) in [5.74, 6) is -3.01. The van der Waals surface area contributed by atoms with Crippen molar-refractivity contribution in [3.05, 3.63) is 0 Å². The summed E-state index contributed by atoms with van der Waals surface area (Å²) in [4.78, 5) is 31.9. The van der Waals surface area contributed by atoms with E-state index in [9.17, 15) is 14.4 Å². The molecular weight excluding hydrogens is 204 g/mol. The van der Waals surface area contributed by atoms with Crippen LogP contribution in [-0.2, 0) is 14.4 Å². The molecule has 5 N–H and O–H groups in total. The maximum atomic E-state index is 11.1. The second-order valence-electron chi connectivity index (χ2n) is 3.12. The van der Waals surface area contributed by atoms with E-state index in [0.29, 0.717) is 0 Å². The van der Waals surface area contributed by atoms with Gasteiger partial charge in [0.25, 0.3) is 0 Å². The van der Waals surface area contributed by atoms with Crippen LogP contribution >= 0.6 is 0 Å². The number of nitrogens with two attached hydrogens (primary N) is 1. The Morgan fingerprint density at radius 3 is 2.20 bits per heavy atom. The van der Waals surface area contributed by atoms with Crippen LogP contribution in [0.25, 0.3) is 0 Å². The van der Waals surface area contributed by atoms with Crippen LogP contribution in [-0.4, -0.2) is 40.1 Å². The van der Waals surface area contributed by atoms with E-state index in [1.165, 1.54) is 6.92 Å². The molecule has 0 heterocycles. The van der Waals surface area contributed by atoms with E-state index in [-0.39, 0.29) is 12.8 Å². The zero-order valence-corrected chi connectivity index (χ0v) is 8.27. The van der Waals surface area contributed by atoms with Gasteiger partial charge in [-0.1, -0.05) is 0 Å². The Labute approximate surface area is 86.3 Å². The van der Waals surface area contributed by atoms with Crippen LogP contribution in [0.15, 0.2) is 0 Å². The van der Waals surface area contributed by atoms with E-state index in [0.717, 1.165) is 0 Å². The number of nitrogens with one attached hydrogen (secondary N) is 1. The normalized spacial score (nSPS) is 14.0. The number of carbonyl (C=O) groups is 3. The lowest BCUT2D eigenvalue weighted by Gasteiger charge is -2.14. The molecule has 7 heteroatoms. The number of amides is 1. The fourth-order valence-corrected chi connectivity index (χ4v) is 0.828. The van der Waals surface area contributed by atoms with Crippen molar-refractivity contribution >= 4 is 17.8 Å². The molecule has 86 valence electrons. The lowest BCUT2D eigenvalue weighted by Crippen LogP contribution is -2.47. The van der Waals surface area contributed by atoms with Crippen molar-refractivity contribution in [3.8, 4) is 0 Å². The van der Waals surface area contributed by atoms with E-state index in [2.05, 4.69) is 5.32 Å². The highest BCUT2D eigenvalue weighted by molar-refractivity contribution is 5.86. The minimum absolute atomic E-state index is 0.164. The molecule has 0 spiro atoms. The maximum Gasteiger partial charge on any atom is 0.326 e. The number of hydrogen-bond donors (Lipinski definition) is 4. The van der Waals surface area contributed by atoms with Crippen LogP contribution < -0.4 is 11.1 Å². The molecule has 0 fully saturated rings. The van der Waals surface area contributed by atoms with E-state index in [1.807, 2.05) is 0 Å². The van der Waals surface area contributed by atoms with E-state index in [4.69, 9.17) is 15.9 Å². The third-order valence-electron chi connectivity index (χ3n) is 1.68. The summed E-state index contributed by atoms with van der Waals surface area (Å²) in [6.07, 6.45) is -0.487. The molecule has 2 atom stereocenters. The molecule has 0 aromatic rings. The average Bonchev–Trinajstić information content (AvgIpc) is 2.10. The molecule has 0 aromatic carbocycles. The maximum absolute atomic E-state index is 11.1.